The summed E-state index contributed by atoms with van der Waals surface area (Å²) in [4.78, 5) is 13.0. The van der Waals surface area contributed by atoms with Crippen LogP contribution in [0.5, 0.6) is 5.75 Å². The van der Waals surface area contributed by atoms with Gasteiger partial charge in [0.25, 0.3) is 5.91 Å². The van der Waals surface area contributed by atoms with Crippen LogP contribution in [0.25, 0.3) is 0 Å². The van der Waals surface area contributed by atoms with Gasteiger partial charge in [0.05, 0.1) is 23.5 Å². The quantitative estimate of drug-likeness (QED) is 0.424. The Morgan fingerprint density at radius 2 is 2.11 bits per heavy atom. The van der Waals surface area contributed by atoms with Gasteiger partial charge in [0.2, 0.25) is 0 Å². The van der Waals surface area contributed by atoms with Crippen molar-refractivity contribution in [2.45, 2.75) is 70.8 Å². The van der Waals surface area contributed by atoms with Crippen LogP contribution in [0, 0.1) is 5.92 Å². The van der Waals surface area contributed by atoms with Gasteiger partial charge in [-0.1, -0.05) is 25.0 Å². The zero-order valence-corrected chi connectivity index (χ0v) is 20.5. The summed E-state index contributed by atoms with van der Waals surface area (Å²) >= 11 is -1.17. The Kier molecular flexibility index (Phi) is 8.28. The van der Waals surface area contributed by atoms with Crippen molar-refractivity contribution in [3.05, 3.63) is 46.8 Å². The van der Waals surface area contributed by atoms with Gasteiger partial charge in [0.1, 0.15) is 11.5 Å². The molecule has 1 aromatic carbocycles. The van der Waals surface area contributed by atoms with Crippen molar-refractivity contribution in [2.75, 3.05) is 12.4 Å². The second-order valence-electron chi connectivity index (χ2n) is 9.14. The fourth-order valence-electron chi connectivity index (χ4n) is 4.30. The van der Waals surface area contributed by atoms with Gasteiger partial charge in [-0.05, 0) is 49.8 Å². The minimum Gasteiger partial charge on any atom is -0.598 e. The number of alkyl halides is 3. The summed E-state index contributed by atoms with van der Waals surface area (Å²) in [7, 11) is 0. The predicted molar refractivity (Wildman–Crippen MR) is 126 cm³/mol. The Hall–Kier alpha value is -2.24. The van der Waals surface area contributed by atoms with Crippen LogP contribution in [0.1, 0.15) is 59.9 Å². The Bertz CT molecular complexity index is 1030. The summed E-state index contributed by atoms with van der Waals surface area (Å²) in [5.41, 5.74) is 2.93. The summed E-state index contributed by atoms with van der Waals surface area (Å²) in [5, 5.41) is 7.82. The van der Waals surface area contributed by atoms with E-state index in [1.807, 2.05) is 17.7 Å². The van der Waals surface area contributed by atoms with Gasteiger partial charge in [0.15, 0.2) is 6.61 Å². The number of hydrogen-bond acceptors (Lipinski definition) is 5. The highest BCUT2D eigenvalue weighted by atomic mass is 32.2. The molecule has 1 aliphatic carbocycles. The van der Waals surface area contributed by atoms with Crippen molar-refractivity contribution < 1.29 is 27.3 Å². The summed E-state index contributed by atoms with van der Waals surface area (Å²) in [5.74, 6) is 1.19. The lowest BCUT2D eigenvalue weighted by Crippen LogP contribution is -2.42. The third-order valence-electron chi connectivity index (χ3n) is 6.32. The molecule has 4 rings (SSSR count). The van der Waals surface area contributed by atoms with E-state index in [-0.39, 0.29) is 17.7 Å². The fourth-order valence-corrected chi connectivity index (χ4v) is 4.80. The van der Waals surface area contributed by atoms with E-state index in [1.165, 1.54) is 18.9 Å². The summed E-state index contributed by atoms with van der Waals surface area (Å²) in [6.07, 6.45) is 0.876. The average molecular weight is 513 g/mol. The first-order valence-electron chi connectivity index (χ1n) is 12.0. The predicted octanol–water partition coefficient (Wildman–Crippen LogP) is 3.68. The van der Waals surface area contributed by atoms with Crippen LogP contribution in [0.15, 0.2) is 24.3 Å². The summed E-state index contributed by atoms with van der Waals surface area (Å²) in [6, 6.07) is 6.47. The Morgan fingerprint density at radius 1 is 1.31 bits per heavy atom. The van der Waals surface area contributed by atoms with Crippen molar-refractivity contribution >= 4 is 17.3 Å². The van der Waals surface area contributed by atoms with E-state index in [1.54, 1.807) is 12.1 Å². The number of ether oxygens (including phenoxy) is 1. The second-order valence-corrected chi connectivity index (χ2v) is 10.7. The van der Waals surface area contributed by atoms with Crippen molar-refractivity contribution in [3.8, 4) is 5.75 Å². The number of nitrogens with zero attached hydrogens (tertiary/aromatic N) is 2. The summed E-state index contributed by atoms with van der Waals surface area (Å²) in [6.45, 7) is 1.55. The van der Waals surface area contributed by atoms with Crippen LogP contribution in [-0.2, 0) is 37.3 Å². The van der Waals surface area contributed by atoms with E-state index in [2.05, 4.69) is 10.0 Å². The lowest BCUT2D eigenvalue weighted by Gasteiger charge is -2.23. The average Bonchev–Trinajstić information content (AvgIpc) is 3.58. The Morgan fingerprint density at radius 3 is 2.83 bits per heavy atom. The number of aryl methyl sites for hydroxylation is 2. The minimum atomic E-state index is -4.39. The molecule has 1 fully saturated rings. The summed E-state index contributed by atoms with van der Waals surface area (Å²) < 4.78 is 58.9. The molecule has 1 unspecified atom stereocenters. The van der Waals surface area contributed by atoms with Crippen molar-refractivity contribution in [1.82, 2.24) is 19.8 Å². The molecule has 2 N–H and O–H groups in total. The first kappa shape index (κ1) is 25.8. The molecule has 0 spiro atoms. The molecule has 0 saturated heterocycles. The van der Waals surface area contributed by atoms with Gasteiger partial charge in [-0.15, -0.1) is 4.72 Å². The van der Waals surface area contributed by atoms with Gasteiger partial charge in [0, 0.05) is 30.4 Å². The van der Waals surface area contributed by atoms with E-state index in [9.17, 15) is 22.5 Å². The standard InChI is InChI=1S/C24H31F3N4O3S/c1-2-35(33)28-14-21-22-20(30-31(21)11-10-16-6-7-16)13-18(29-23(22)32)9-8-17-4-3-5-19(12-17)34-15-24(25,26)27/h3-5,12,16,18,28H,2,6-11,13-15H2,1H3,(H,29,32)/t18-,35?/m0/s1. The smallest absolute Gasteiger partial charge is 0.422 e. The number of fused-ring (bicyclic) bond motifs is 1. The van der Waals surface area contributed by atoms with Crippen LogP contribution in [0.2, 0.25) is 0 Å². The Balaban J connectivity index is 1.41. The zero-order chi connectivity index (χ0) is 25.0. The molecule has 2 atom stereocenters. The highest BCUT2D eigenvalue weighted by Gasteiger charge is 2.32. The van der Waals surface area contributed by atoms with Crippen LogP contribution < -0.4 is 14.8 Å². The van der Waals surface area contributed by atoms with Gasteiger partial charge >= 0.3 is 6.18 Å². The molecule has 35 heavy (non-hydrogen) atoms. The van der Waals surface area contributed by atoms with Crippen LogP contribution in [-0.4, -0.2) is 44.8 Å². The van der Waals surface area contributed by atoms with E-state index in [0.717, 1.165) is 35.8 Å². The minimum absolute atomic E-state index is 0.132. The van der Waals surface area contributed by atoms with Crippen molar-refractivity contribution in [3.63, 3.8) is 0 Å². The van der Waals surface area contributed by atoms with Gasteiger partial charge in [-0.2, -0.15) is 18.3 Å². The molecule has 11 heteroatoms. The number of halogens is 3. The zero-order valence-electron chi connectivity index (χ0n) is 19.7. The number of aromatic nitrogens is 2. The van der Waals surface area contributed by atoms with Crippen LogP contribution in [0.4, 0.5) is 13.2 Å². The number of hydrogen-bond donors (Lipinski definition) is 2. The van der Waals surface area contributed by atoms with E-state index in [0.29, 0.717) is 37.1 Å². The molecule has 0 bridgehead atoms. The maximum absolute atomic E-state index is 13.0. The Labute approximate surface area is 206 Å². The first-order chi connectivity index (χ1) is 16.7. The SMILES string of the molecule is CC[S+]([O-])NCc1c2c(nn1CCC1CC1)C[C@H](CCc1cccc(OCC(F)(F)F)c1)NC2=O. The molecule has 0 radical (unpaired) electrons. The molecule has 2 heterocycles. The molecule has 192 valence electrons. The van der Waals surface area contributed by atoms with E-state index in [4.69, 9.17) is 9.84 Å². The van der Waals surface area contributed by atoms with Crippen molar-refractivity contribution in [2.24, 2.45) is 5.92 Å². The monoisotopic (exact) mass is 512 g/mol. The maximum Gasteiger partial charge on any atom is 0.422 e. The normalized spacial score (nSPS) is 18.8. The fraction of sp³-hybridized carbons (Fsp3) is 0.583. The molecule has 7 nitrogen and oxygen atoms in total. The molecule has 1 aliphatic heterocycles. The number of carbonyl (C=O) groups excluding carboxylic acids is 1. The second kappa shape index (κ2) is 11.2. The van der Waals surface area contributed by atoms with Gasteiger partial charge in [-0.25, -0.2) is 0 Å². The van der Waals surface area contributed by atoms with E-state index < -0.39 is 24.1 Å². The highest BCUT2D eigenvalue weighted by Crippen LogP contribution is 2.33. The number of carbonyl (C=O) groups is 1. The molecule has 2 aromatic rings. The molecular weight excluding hydrogens is 481 g/mol. The van der Waals surface area contributed by atoms with Gasteiger partial charge < -0.3 is 14.6 Å². The topological polar surface area (TPSA) is 91.2 Å². The lowest BCUT2D eigenvalue weighted by atomic mass is 9.95. The third kappa shape index (κ3) is 7.37. The van der Waals surface area contributed by atoms with Gasteiger partial charge in [-0.3, -0.25) is 9.48 Å². The molecule has 2 aliphatic rings. The number of nitrogens with one attached hydrogen (secondary N) is 2. The number of rotatable bonds is 12. The van der Waals surface area contributed by atoms with Crippen LogP contribution >= 0.6 is 0 Å². The van der Waals surface area contributed by atoms with E-state index >= 15 is 0 Å². The van der Waals surface area contributed by atoms with Crippen LogP contribution in [0.3, 0.4) is 0 Å². The first-order valence-corrected chi connectivity index (χ1v) is 13.3. The highest BCUT2D eigenvalue weighted by molar-refractivity contribution is 7.89. The molecule has 1 amide bonds. The molecular formula is C24H31F3N4O3S. The van der Waals surface area contributed by atoms with Crippen molar-refractivity contribution in [1.29, 1.82) is 0 Å². The molecule has 1 aromatic heterocycles. The number of amides is 1. The lowest BCUT2D eigenvalue weighted by molar-refractivity contribution is -0.153. The molecule has 1 saturated carbocycles. The number of benzene rings is 1. The largest absolute Gasteiger partial charge is 0.598 e. The third-order valence-corrected chi connectivity index (χ3v) is 7.31. The maximum atomic E-state index is 13.0.